The van der Waals surface area contributed by atoms with E-state index < -0.39 is 17.6 Å². The monoisotopic (exact) mass is 338 g/mol. The number of benzene rings is 1. The summed E-state index contributed by atoms with van der Waals surface area (Å²) < 4.78 is 24.5. The van der Waals surface area contributed by atoms with E-state index in [2.05, 4.69) is 5.32 Å². The Morgan fingerprint density at radius 2 is 1.83 bits per heavy atom. The van der Waals surface area contributed by atoms with Gasteiger partial charge in [-0.1, -0.05) is 24.6 Å². The number of alkyl halides is 2. The van der Waals surface area contributed by atoms with E-state index in [9.17, 15) is 18.4 Å². The third-order valence-electron chi connectivity index (χ3n) is 3.78. The van der Waals surface area contributed by atoms with Gasteiger partial charge in [0.1, 0.15) is 0 Å². The van der Waals surface area contributed by atoms with Gasteiger partial charge in [0, 0.05) is 16.5 Å². The van der Waals surface area contributed by atoms with Crippen LogP contribution in [-0.4, -0.2) is 17.4 Å². The van der Waals surface area contributed by atoms with Crippen LogP contribution in [0.15, 0.2) is 29.2 Å². The van der Waals surface area contributed by atoms with Crippen LogP contribution in [0.4, 0.5) is 14.5 Å². The number of thioether (sulfide) groups is 1. The summed E-state index contributed by atoms with van der Waals surface area (Å²) in [5.41, 5.74) is 0.369. The lowest BCUT2D eigenvalue weighted by atomic mass is 9.92. The molecular formula is C16H16F2N2O2S. The van der Waals surface area contributed by atoms with Crippen LogP contribution in [0.1, 0.15) is 25.7 Å². The zero-order chi connectivity index (χ0) is 16.8. The SMILES string of the molecule is N#C[C@H](C(=O)Nc1ccc(SC(F)F)cc1)C(=O)C1CCCC1. The number of amides is 1. The van der Waals surface area contributed by atoms with Crippen molar-refractivity contribution in [1.29, 1.82) is 5.26 Å². The van der Waals surface area contributed by atoms with Crippen molar-refractivity contribution < 1.29 is 18.4 Å². The summed E-state index contributed by atoms with van der Waals surface area (Å²) in [6, 6.07) is 7.61. The first kappa shape index (κ1) is 17.4. The third kappa shape index (κ3) is 4.76. The maximum Gasteiger partial charge on any atom is 0.288 e. The van der Waals surface area contributed by atoms with E-state index in [1.54, 1.807) is 6.07 Å². The number of halogens is 2. The Hall–Kier alpha value is -1.94. The first-order valence-electron chi connectivity index (χ1n) is 7.30. The molecule has 1 aliphatic carbocycles. The van der Waals surface area contributed by atoms with Crippen molar-refractivity contribution in [2.45, 2.75) is 36.3 Å². The molecule has 1 amide bonds. The van der Waals surface area contributed by atoms with E-state index in [0.29, 0.717) is 22.3 Å². The minimum Gasteiger partial charge on any atom is -0.325 e. The summed E-state index contributed by atoms with van der Waals surface area (Å²) in [4.78, 5) is 24.7. The van der Waals surface area contributed by atoms with Crippen molar-refractivity contribution in [3.8, 4) is 6.07 Å². The van der Waals surface area contributed by atoms with E-state index in [1.807, 2.05) is 0 Å². The van der Waals surface area contributed by atoms with Gasteiger partial charge in [-0.15, -0.1) is 0 Å². The molecule has 1 saturated carbocycles. The third-order valence-corrected chi connectivity index (χ3v) is 4.50. The standard InChI is InChI=1S/C16H16F2N2O2S/c17-16(18)23-12-7-5-11(6-8-12)20-15(22)13(9-19)14(21)10-3-1-2-4-10/h5-8,10,13,16H,1-4H2,(H,20,22)/t13-/m0/s1. The number of rotatable bonds is 6. The van der Waals surface area contributed by atoms with E-state index in [-0.39, 0.29) is 11.7 Å². The number of hydrogen-bond acceptors (Lipinski definition) is 4. The molecule has 1 aliphatic rings. The van der Waals surface area contributed by atoms with Crippen LogP contribution in [0, 0.1) is 23.2 Å². The lowest BCUT2D eigenvalue weighted by Crippen LogP contribution is -2.32. The van der Waals surface area contributed by atoms with Gasteiger partial charge in [-0.3, -0.25) is 9.59 Å². The number of nitrogens with one attached hydrogen (secondary N) is 1. The van der Waals surface area contributed by atoms with E-state index in [0.717, 1.165) is 25.7 Å². The summed E-state index contributed by atoms with van der Waals surface area (Å²) in [7, 11) is 0. The normalized spacial score (nSPS) is 16.1. The summed E-state index contributed by atoms with van der Waals surface area (Å²) in [5.74, 6) is -5.04. The molecule has 7 heteroatoms. The number of anilines is 1. The molecule has 122 valence electrons. The first-order chi connectivity index (χ1) is 11.0. The second-order valence-corrected chi connectivity index (χ2v) is 6.40. The van der Waals surface area contributed by atoms with Crippen molar-refractivity contribution in [2.24, 2.45) is 11.8 Å². The second kappa shape index (κ2) is 8.06. The lowest BCUT2D eigenvalue weighted by molar-refractivity contribution is -0.131. The number of Topliss-reactive ketones (excluding diaryl/α,β-unsaturated/α-hetero) is 1. The molecule has 0 bridgehead atoms. The molecule has 0 radical (unpaired) electrons. The van der Waals surface area contributed by atoms with Gasteiger partial charge in [-0.25, -0.2) is 0 Å². The molecule has 0 heterocycles. The minimum atomic E-state index is -2.51. The molecule has 0 spiro atoms. The summed E-state index contributed by atoms with van der Waals surface area (Å²) >= 11 is 0.406. The molecule has 1 fully saturated rings. The predicted molar refractivity (Wildman–Crippen MR) is 83.0 cm³/mol. The summed E-state index contributed by atoms with van der Waals surface area (Å²) in [5, 5.41) is 11.6. The van der Waals surface area contributed by atoms with Crippen LogP contribution < -0.4 is 5.32 Å². The molecule has 1 aromatic rings. The summed E-state index contributed by atoms with van der Waals surface area (Å²) in [6.45, 7) is 0. The Kier molecular flexibility index (Phi) is 6.11. The fourth-order valence-corrected chi connectivity index (χ4v) is 3.13. The van der Waals surface area contributed by atoms with Crippen LogP contribution in [0.2, 0.25) is 0 Å². The number of carbonyl (C=O) groups is 2. The minimum absolute atomic E-state index is 0.213. The van der Waals surface area contributed by atoms with Crippen LogP contribution in [0.3, 0.4) is 0 Å². The van der Waals surface area contributed by atoms with Gasteiger partial charge in [0.05, 0.1) is 6.07 Å². The molecule has 1 aromatic carbocycles. The lowest BCUT2D eigenvalue weighted by Gasteiger charge is -2.13. The van der Waals surface area contributed by atoms with Crippen LogP contribution in [0.5, 0.6) is 0 Å². The fourth-order valence-electron chi connectivity index (χ4n) is 2.63. The number of hydrogen-bond donors (Lipinski definition) is 1. The van der Waals surface area contributed by atoms with Crippen molar-refractivity contribution >= 4 is 29.1 Å². The highest BCUT2D eigenvalue weighted by atomic mass is 32.2. The fraction of sp³-hybridized carbons (Fsp3) is 0.438. The van der Waals surface area contributed by atoms with Gasteiger partial charge in [0.2, 0.25) is 5.91 Å². The zero-order valence-corrected chi connectivity index (χ0v) is 13.1. The van der Waals surface area contributed by atoms with E-state index in [1.165, 1.54) is 24.3 Å². The largest absolute Gasteiger partial charge is 0.325 e. The molecule has 0 aromatic heterocycles. The maximum atomic E-state index is 12.2. The van der Waals surface area contributed by atoms with Crippen molar-refractivity contribution in [3.05, 3.63) is 24.3 Å². The zero-order valence-electron chi connectivity index (χ0n) is 12.3. The second-order valence-electron chi connectivity index (χ2n) is 5.34. The highest BCUT2D eigenvalue weighted by Gasteiger charge is 2.33. The quantitative estimate of drug-likeness (QED) is 0.632. The van der Waals surface area contributed by atoms with Crippen LogP contribution in [0.25, 0.3) is 0 Å². The van der Waals surface area contributed by atoms with Crippen LogP contribution in [-0.2, 0) is 9.59 Å². The average Bonchev–Trinajstić information content (AvgIpc) is 3.03. The van der Waals surface area contributed by atoms with Crippen molar-refractivity contribution in [2.75, 3.05) is 5.32 Å². The topological polar surface area (TPSA) is 70.0 Å². The van der Waals surface area contributed by atoms with Crippen molar-refractivity contribution in [1.82, 2.24) is 0 Å². The number of ketones is 1. The molecule has 0 aliphatic heterocycles. The number of nitrogens with zero attached hydrogens (tertiary/aromatic N) is 1. The smallest absolute Gasteiger partial charge is 0.288 e. The average molecular weight is 338 g/mol. The molecular weight excluding hydrogens is 322 g/mol. The van der Waals surface area contributed by atoms with Crippen LogP contribution >= 0.6 is 11.8 Å². The molecule has 0 unspecified atom stereocenters. The Morgan fingerprint density at radius 1 is 1.22 bits per heavy atom. The maximum absolute atomic E-state index is 12.2. The van der Waals surface area contributed by atoms with E-state index in [4.69, 9.17) is 5.26 Å². The molecule has 1 atom stereocenters. The Bertz CT molecular complexity index is 608. The summed E-state index contributed by atoms with van der Waals surface area (Å²) in [6.07, 6.45) is 3.34. The molecule has 2 rings (SSSR count). The Labute approximate surface area is 137 Å². The molecule has 1 N–H and O–H groups in total. The number of carbonyl (C=O) groups excluding carboxylic acids is 2. The first-order valence-corrected chi connectivity index (χ1v) is 8.18. The Morgan fingerprint density at radius 3 is 2.35 bits per heavy atom. The predicted octanol–water partition coefficient (Wildman–Crippen LogP) is 3.84. The van der Waals surface area contributed by atoms with Gasteiger partial charge < -0.3 is 5.32 Å². The highest BCUT2D eigenvalue weighted by molar-refractivity contribution is 7.99. The van der Waals surface area contributed by atoms with Gasteiger partial charge in [0.15, 0.2) is 11.7 Å². The Balaban J connectivity index is 1.99. The van der Waals surface area contributed by atoms with E-state index >= 15 is 0 Å². The van der Waals surface area contributed by atoms with Gasteiger partial charge >= 0.3 is 0 Å². The highest BCUT2D eigenvalue weighted by Crippen LogP contribution is 2.29. The molecule has 23 heavy (non-hydrogen) atoms. The number of nitriles is 1. The van der Waals surface area contributed by atoms with Crippen molar-refractivity contribution in [3.63, 3.8) is 0 Å². The van der Waals surface area contributed by atoms with Gasteiger partial charge in [-0.2, -0.15) is 14.0 Å². The van der Waals surface area contributed by atoms with Gasteiger partial charge in [0.25, 0.3) is 5.76 Å². The van der Waals surface area contributed by atoms with Gasteiger partial charge in [-0.05, 0) is 37.1 Å². The molecule has 4 nitrogen and oxygen atoms in total. The molecule has 0 saturated heterocycles.